The van der Waals surface area contributed by atoms with Crippen LogP contribution in [0.25, 0.3) is 22.2 Å². The Balaban J connectivity index is 1.41. The maximum Gasteiger partial charge on any atom is 0.255 e. The molecule has 160 valence electrons. The molecule has 1 amide bonds. The van der Waals surface area contributed by atoms with Gasteiger partial charge in [-0.05, 0) is 55.2 Å². The van der Waals surface area contributed by atoms with Gasteiger partial charge in [0, 0.05) is 57.5 Å². The van der Waals surface area contributed by atoms with Crippen molar-refractivity contribution in [2.24, 2.45) is 0 Å². The summed E-state index contributed by atoms with van der Waals surface area (Å²) in [6, 6.07) is 13.3. The maximum absolute atomic E-state index is 13.9. The van der Waals surface area contributed by atoms with Crippen LogP contribution in [0, 0.1) is 0 Å². The average Bonchev–Trinajstić information content (AvgIpc) is 3.44. The van der Waals surface area contributed by atoms with Crippen molar-refractivity contribution in [3.8, 4) is 11.3 Å². The molecule has 1 aliphatic carbocycles. The number of halogens is 2. The van der Waals surface area contributed by atoms with Crippen LogP contribution in [0.4, 0.5) is 0 Å². The van der Waals surface area contributed by atoms with Crippen molar-refractivity contribution in [1.29, 1.82) is 0 Å². The van der Waals surface area contributed by atoms with Crippen molar-refractivity contribution in [3.05, 3.63) is 80.6 Å². The second-order valence-electron chi connectivity index (χ2n) is 8.44. The first kappa shape index (κ1) is 19.8. The average molecular weight is 463 g/mol. The van der Waals surface area contributed by atoms with E-state index in [-0.39, 0.29) is 5.91 Å². The molecule has 7 heteroatoms. The minimum atomic E-state index is 0.0479. The largest absolute Gasteiger partial charge is 0.334 e. The highest BCUT2D eigenvalue weighted by molar-refractivity contribution is 6.31. The first-order chi connectivity index (χ1) is 15.6. The SMILES string of the molecule is O=C(c1c2c(nc3ccc(Cl)cc13)CCC2)N1CCc2[nH]nc(-c3ccc(Cl)cc3)c2C1. The molecule has 0 saturated carbocycles. The molecule has 0 fully saturated rings. The Morgan fingerprint density at radius 3 is 2.62 bits per heavy atom. The lowest BCUT2D eigenvalue weighted by atomic mass is 9.97. The quantitative estimate of drug-likeness (QED) is 0.420. The van der Waals surface area contributed by atoms with E-state index >= 15 is 0 Å². The van der Waals surface area contributed by atoms with E-state index in [9.17, 15) is 4.79 Å². The number of rotatable bonds is 2. The Labute approximate surface area is 195 Å². The summed E-state index contributed by atoms with van der Waals surface area (Å²) in [5.74, 6) is 0.0479. The summed E-state index contributed by atoms with van der Waals surface area (Å²) >= 11 is 12.4. The van der Waals surface area contributed by atoms with Gasteiger partial charge in [0.2, 0.25) is 0 Å². The van der Waals surface area contributed by atoms with E-state index < -0.39 is 0 Å². The molecule has 0 bridgehead atoms. The van der Waals surface area contributed by atoms with Gasteiger partial charge in [0.05, 0.1) is 16.8 Å². The van der Waals surface area contributed by atoms with Gasteiger partial charge in [-0.1, -0.05) is 35.3 Å². The number of hydrogen-bond acceptors (Lipinski definition) is 3. The van der Waals surface area contributed by atoms with Crippen LogP contribution in [-0.4, -0.2) is 32.5 Å². The molecule has 3 heterocycles. The normalized spacial score (nSPS) is 15.1. The molecule has 2 aromatic carbocycles. The summed E-state index contributed by atoms with van der Waals surface area (Å²) in [4.78, 5) is 20.7. The molecule has 0 radical (unpaired) electrons. The molecular weight excluding hydrogens is 443 g/mol. The summed E-state index contributed by atoms with van der Waals surface area (Å²) in [7, 11) is 0. The zero-order chi connectivity index (χ0) is 21.8. The number of benzene rings is 2. The van der Waals surface area contributed by atoms with Crippen LogP contribution in [0.2, 0.25) is 10.0 Å². The summed E-state index contributed by atoms with van der Waals surface area (Å²) in [5, 5.41) is 9.87. The molecule has 2 aromatic heterocycles. The third-order valence-electron chi connectivity index (χ3n) is 6.53. The third kappa shape index (κ3) is 3.19. The molecule has 32 heavy (non-hydrogen) atoms. The van der Waals surface area contributed by atoms with Gasteiger partial charge in [0.1, 0.15) is 0 Å². The smallest absolute Gasteiger partial charge is 0.255 e. The van der Waals surface area contributed by atoms with Crippen LogP contribution in [0.5, 0.6) is 0 Å². The standard InChI is InChI=1S/C25H20Cl2N4O/c26-15-6-4-14(5-7-15)24-19-13-31(11-10-22(19)29-30-24)25(32)23-17-2-1-3-20(17)28-21-9-8-16(27)12-18(21)23/h4-9,12H,1-3,10-11,13H2,(H,29,30). The number of aromatic nitrogens is 3. The Morgan fingerprint density at radius 2 is 1.78 bits per heavy atom. The van der Waals surface area contributed by atoms with Gasteiger partial charge in [-0.15, -0.1) is 0 Å². The number of carbonyl (C=O) groups excluding carboxylic acids is 1. The van der Waals surface area contributed by atoms with Crippen LogP contribution in [0.15, 0.2) is 42.5 Å². The molecule has 5 nitrogen and oxygen atoms in total. The van der Waals surface area contributed by atoms with E-state index in [0.717, 1.165) is 75.9 Å². The zero-order valence-corrected chi connectivity index (χ0v) is 18.8. The van der Waals surface area contributed by atoms with Gasteiger partial charge in [-0.2, -0.15) is 5.10 Å². The van der Waals surface area contributed by atoms with Crippen molar-refractivity contribution in [2.45, 2.75) is 32.2 Å². The van der Waals surface area contributed by atoms with E-state index in [1.807, 2.05) is 47.4 Å². The molecule has 4 aromatic rings. The number of carbonyl (C=O) groups is 1. The summed E-state index contributed by atoms with van der Waals surface area (Å²) in [6.45, 7) is 1.16. The van der Waals surface area contributed by atoms with E-state index in [2.05, 4.69) is 10.2 Å². The minimum absolute atomic E-state index is 0.0479. The number of nitrogens with zero attached hydrogens (tertiary/aromatic N) is 3. The highest BCUT2D eigenvalue weighted by atomic mass is 35.5. The minimum Gasteiger partial charge on any atom is -0.334 e. The second kappa shape index (κ2) is 7.61. The number of fused-ring (bicyclic) bond motifs is 3. The first-order valence-electron chi connectivity index (χ1n) is 10.8. The summed E-state index contributed by atoms with van der Waals surface area (Å²) in [5.41, 5.74) is 7.76. The molecule has 0 saturated heterocycles. The topological polar surface area (TPSA) is 61.9 Å². The Morgan fingerprint density at radius 1 is 0.969 bits per heavy atom. The van der Waals surface area contributed by atoms with Crippen molar-refractivity contribution in [1.82, 2.24) is 20.1 Å². The summed E-state index contributed by atoms with van der Waals surface area (Å²) < 4.78 is 0. The Hall–Kier alpha value is -2.89. The number of hydrogen-bond donors (Lipinski definition) is 1. The number of pyridine rings is 1. The van der Waals surface area contributed by atoms with E-state index in [1.54, 1.807) is 0 Å². The zero-order valence-electron chi connectivity index (χ0n) is 17.3. The van der Waals surface area contributed by atoms with Crippen molar-refractivity contribution in [3.63, 3.8) is 0 Å². The number of aromatic amines is 1. The number of H-pyrrole nitrogens is 1. The number of aryl methyl sites for hydroxylation is 1. The fourth-order valence-corrected chi connectivity index (χ4v) is 5.25. The van der Waals surface area contributed by atoms with Crippen LogP contribution in [-0.2, 0) is 25.8 Å². The predicted molar refractivity (Wildman–Crippen MR) is 126 cm³/mol. The van der Waals surface area contributed by atoms with Crippen LogP contribution >= 0.6 is 23.2 Å². The van der Waals surface area contributed by atoms with Gasteiger partial charge in [-0.3, -0.25) is 14.9 Å². The monoisotopic (exact) mass is 462 g/mol. The lowest BCUT2D eigenvalue weighted by Gasteiger charge is -2.28. The van der Waals surface area contributed by atoms with Crippen molar-refractivity contribution < 1.29 is 4.79 Å². The number of amides is 1. The lowest BCUT2D eigenvalue weighted by molar-refractivity contribution is 0.0735. The van der Waals surface area contributed by atoms with Crippen molar-refractivity contribution in [2.75, 3.05) is 6.54 Å². The van der Waals surface area contributed by atoms with Gasteiger partial charge in [-0.25, -0.2) is 0 Å². The van der Waals surface area contributed by atoms with Crippen LogP contribution < -0.4 is 0 Å². The fourth-order valence-electron chi connectivity index (χ4n) is 4.95. The molecule has 1 aliphatic heterocycles. The summed E-state index contributed by atoms with van der Waals surface area (Å²) in [6.07, 6.45) is 3.57. The Bertz CT molecular complexity index is 1380. The highest BCUT2D eigenvalue weighted by Crippen LogP contribution is 2.34. The first-order valence-corrected chi connectivity index (χ1v) is 11.6. The third-order valence-corrected chi connectivity index (χ3v) is 7.01. The Kier molecular flexibility index (Phi) is 4.70. The van der Waals surface area contributed by atoms with Gasteiger partial charge >= 0.3 is 0 Å². The highest BCUT2D eigenvalue weighted by Gasteiger charge is 2.31. The lowest BCUT2D eigenvalue weighted by Crippen LogP contribution is -2.36. The van der Waals surface area contributed by atoms with E-state index in [0.29, 0.717) is 23.1 Å². The second-order valence-corrected chi connectivity index (χ2v) is 9.31. The molecular formula is C25H20Cl2N4O. The number of nitrogens with one attached hydrogen (secondary N) is 1. The molecule has 0 spiro atoms. The van der Waals surface area contributed by atoms with Gasteiger partial charge in [0.15, 0.2) is 0 Å². The van der Waals surface area contributed by atoms with Gasteiger partial charge in [0.25, 0.3) is 5.91 Å². The molecule has 6 rings (SSSR count). The maximum atomic E-state index is 13.9. The molecule has 0 unspecified atom stereocenters. The fraction of sp³-hybridized carbons (Fsp3) is 0.240. The molecule has 0 atom stereocenters. The molecule has 2 aliphatic rings. The van der Waals surface area contributed by atoms with Gasteiger partial charge < -0.3 is 4.90 Å². The van der Waals surface area contributed by atoms with Crippen LogP contribution in [0.3, 0.4) is 0 Å². The van der Waals surface area contributed by atoms with Crippen LogP contribution in [0.1, 0.15) is 39.3 Å². The van der Waals surface area contributed by atoms with Crippen molar-refractivity contribution >= 4 is 40.0 Å². The van der Waals surface area contributed by atoms with E-state index in [4.69, 9.17) is 28.2 Å². The molecule has 1 N–H and O–H groups in total. The van der Waals surface area contributed by atoms with E-state index in [1.165, 1.54) is 0 Å². The predicted octanol–water partition coefficient (Wildman–Crippen LogP) is 5.62.